The molecule has 0 spiro atoms. The minimum atomic E-state index is -5.04. The molecule has 0 bridgehead atoms. The number of carbonyl (C=O) groups is 4. The highest BCUT2D eigenvalue weighted by Crippen LogP contribution is 2.36. The number of amides is 5. The topological polar surface area (TPSA) is 294 Å². The first kappa shape index (κ1) is 60.6. The lowest BCUT2D eigenvalue weighted by atomic mass is 9.85. The highest BCUT2D eigenvalue weighted by molar-refractivity contribution is 7.89. The molecule has 83 heavy (non-hydrogen) atoms. The highest BCUT2D eigenvalue weighted by Gasteiger charge is 2.44. The maximum atomic E-state index is 14.1. The Morgan fingerprint density at radius 1 is 0.904 bits per heavy atom. The number of anilines is 6. The second-order valence-electron chi connectivity index (χ2n) is 20.9. The summed E-state index contributed by atoms with van der Waals surface area (Å²) >= 11 is 1.55. The highest BCUT2D eigenvalue weighted by atomic mass is 32.2. The van der Waals surface area contributed by atoms with E-state index in [1.807, 2.05) is 52.0 Å². The molecule has 0 saturated carbocycles. The van der Waals surface area contributed by atoms with Crippen molar-refractivity contribution in [1.82, 2.24) is 45.5 Å². The number of alkyl halides is 3. The van der Waals surface area contributed by atoms with Gasteiger partial charge in [0.25, 0.3) is 0 Å². The van der Waals surface area contributed by atoms with Crippen LogP contribution in [0, 0.1) is 12.3 Å². The van der Waals surface area contributed by atoms with Gasteiger partial charge in [-0.1, -0.05) is 69.2 Å². The van der Waals surface area contributed by atoms with Crippen molar-refractivity contribution in [2.45, 2.75) is 109 Å². The Kier molecular flexibility index (Phi) is 19.1. The van der Waals surface area contributed by atoms with E-state index in [-0.39, 0.29) is 59.6 Å². The number of likely N-dealkylation sites (tertiary alicyclic amines) is 1. The van der Waals surface area contributed by atoms with E-state index in [0.29, 0.717) is 55.1 Å². The Morgan fingerprint density at radius 2 is 1.63 bits per heavy atom. The molecule has 0 aliphatic carbocycles. The van der Waals surface area contributed by atoms with Crippen LogP contribution in [-0.2, 0) is 37.5 Å². The third-order valence-electron chi connectivity index (χ3n) is 13.4. The van der Waals surface area contributed by atoms with E-state index in [1.54, 1.807) is 65.2 Å². The third kappa shape index (κ3) is 16.6. The second kappa shape index (κ2) is 26.2. The predicted octanol–water partition coefficient (Wildman–Crippen LogP) is 8.63. The number of aromatic nitrogens is 6. The molecule has 1 unspecified atom stereocenters. The molecule has 1 saturated heterocycles. The average Bonchev–Trinajstić information content (AvgIpc) is 4.24. The van der Waals surface area contributed by atoms with Gasteiger partial charge in [-0.15, -0.1) is 29.6 Å². The molecule has 1 fully saturated rings. The van der Waals surface area contributed by atoms with Crippen molar-refractivity contribution in [2.75, 3.05) is 34.4 Å². The van der Waals surface area contributed by atoms with Crippen molar-refractivity contribution in [3.8, 4) is 27.4 Å². The van der Waals surface area contributed by atoms with E-state index >= 15 is 0 Å². The van der Waals surface area contributed by atoms with Gasteiger partial charge in [-0.25, -0.2) is 28.3 Å². The molecule has 4 aromatic carbocycles. The first-order valence-electron chi connectivity index (χ1n) is 26.4. The summed E-state index contributed by atoms with van der Waals surface area (Å²) in [6.45, 7) is 7.91. The lowest BCUT2D eigenvalue weighted by molar-refractivity contribution is -0.274. The molecule has 1 aliphatic heterocycles. The number of unbranched alkanes of at least 4 members (excludes halogenated alkanes) is 3. The molecule has 27 heteroatoms. The largest absolute Gasteiger partial charge is 0.573 e. The molecule has 8 rings (SSSR count). The Labute approximate surface area is 481 Å². The Balaban J connectivity index is 0.796. The molecule has 5 amide bonds. The quantitative estimate of drug-likeness (QED) is 0.0313. The van der Waals surface area contributed by atoms with Crippen LogP contribution in [0.3, 0.4) is 0 Å². The van der Waals surface area contributed by atoms with Crippen LogP contribution in [0.1, 0.15) is 70.6 Å². The van der Waals surface area contributed by atoms with Crippen molar-refractivity contribution >= 4 is 79.6 Å². The van der Waals surface area contributed by atoms with Gasteiger partial charge in [0.15, 0.2) is 0 Å². The minimum Gasteiger partial charge on any atom is -0.405 e. The lowest BCUT2D eigenvalue weighted by Crippen LogP contribution is -2.57. The van der Waals surface area contributed by atoms with E-state index < -0.39 is 63.6 Å². The number of aliphatic hydroxyl groups is 1. The summed E-state index contributed by atoms with van der Waals surface area (Å²) in [6, 6.07) is 23.0. The zero-order valence-electron chi connectivity index (χ0n) is 46.0. The van der Waals surface area contributed by atoms with Gasteiger partial charge in [-0.3, -0.25) is 19.1 Å². The molecule has 7 aromatic rings. The smallest absolute Gasteiger partial charge is 0.405 e. The summed E-state index contributed by atoms with van der Waals surface area (Å²) in [5, 5.41) is 38.2. The van der Waals surface area contributed by atoms with Gasteiger partial charge in [-0.05, 0) is 103 Å². The van der Waals surface area contributed by atoms with Gasteiger partial charge in [0.05, 0.1) is 33.3 Å². The number of benzene rings is 4. The monoisotopic (exact) mass is 1180 g/mol. The number of hydrogen-bond acceptors (Lipinski definition) is 16. The number of β-amino-alcohol motifs (C(OH)–C–C–N with tert-alkyl or cyclic N) is 1. The number of nitrogens with one attached hydrogen (secondary N) is 5. The first-order chi connectivity index (χ1) is 39.4. The molecular weight excluding hydrogens is 1120 g/mol. The molecule has 3 atom stereocenters. The lowest BCUT2D eigenvalue weighted by Gasteiger charge is -2.35. The Bertz CT molecular complexity index is 3540. The number of thiazole rings is 1. The maximum Gasteiger partial charge on any atom is 0.573 e. The summed E-state index contributed by atoms with van der Waals surface area (Å²) in [7, 11) is -2.17. The molecular formula is C56H63F3N14O8S2. The number of rotatable bonds is 22. The summed E-state index contributed by atoms with van der Waals surface area (Å²) in [6.07, 6.45) is -0.431. The summed E-state index contributed by atoms with van der Waals surface area (Å²) < 4.78 is 70.1. The predicted molar refractivity (Wildman–Crippen MR) is 307 cm³/mol. The molecule has 8 N–H and O–H groups in total. The number of carbonyl (C=O) groups excluding carboxylic acids is 4. The van der Waals surface area contributed by atoms with Crippen molar-refractivity contribution in [3.63, 3.8) is 0 Å². The van der Waals surface area contributed by atoms with E-state index in [2.05, 4.69) is 56.6 Å². The third-order valence-corrected chi connectivity index (χ3v) is 15.3. The molecule has 0 radical (unpaired) electrons. The van der Waals surface area contributed by atoms with E-state index in [0.717, 1.165) is 27.8 Å². The fourth-order valence-corrected chi connectivity index (χ4v) is 10.5. The molecule has 4 heterocycles. The Hall–Kier alpha value is -8.53. The van der Waals surface area contributed by atoms with Crippen molar-refractivity contribution in [3.05, 3.63) is 126 Å². The summed E-state index contributed by atoms with van der Waals surface area (Å²) in [4.78, 5) is 71.2. The number of nitrogens with two attached hydrogens (primary N) is 1. The van der Waals surface area contributed by atoms with Crippen LogP contribution in [0.5, 0.6) is 5.75 Å². The Morgan fingerprint density at radius 3 is 2.33 bits per heavy atom. The van der Waals surface area contributed by atoms with Gasteiger partial charge in [-0.2, -0.15) is 4.98 Å². The van der Waals surface area contributed by atoms with Gasteiger partial charge in [0.1, 0.15) is 29.3 Å². The number of primary sulfonamides is 1. The van der Waals surface area contributed by atoms with E-state index in [4.69, 9.17) is 5.14 Å². The molecule has 22 nitrogen and oxygen atoms in total. The fourth-order valence-electron chi connectivity index (χ4n) is 9.15. The zero-order chi connectivity index (χ0) is 59.6. The fraction of sp³-hybridized carbons (Fsp3) is 0.339. The van der Waals surface area contributed by atoms with Crippen molar-refractivity contribution in [1.29, 1.82) is 0 Å². The summed E-state index contributed by atoms with van der Waals surface area (Å²) in [5.74, 6) is -1.10. The number of halogens is 3. The van der Waals surface area contributed by atoms with Gasteiger partial charge in [0.2, 0.25) is 33.7 Å². The molecule has 1 aliphatic rings. The normalized spacial score (nSPS) is 14.8. The van der Waals surface area contributed by atoms with Gasteiger partial charge < -0.3 is 46.2 Å². The number of aliphatic hydroxyl groups excluding tert-OH is 1. The van der Waals surface area contributed by atoms with Crippen LogP contribution in [0.15, 0.2) is 120 Å². The van der Waals surface area contributed by atoms with Crippen LogP contribution >= 0.6 is 11.3 Å². The zero-order valence-corrected chi connectivity index (χ0v) is 47.6. The van der Waals surface area contributed by atoms with Crippen LogP contribution in [-0.4, -0.2) is 110 Å². The average molecular weight is 1180 g/mol. The van der Waals surface area contributed by atoms with Crippen molar-refractivity contribution in [2.24, 2.45) is 10.6 Å². The number of aryl methyl sites for hydroxylation is 2. The van der Waals surface area contributed by atoms with Gasteiger partial charge >= 0.3 is 12.4 Å². The van der Waals surface area contributed by atoms with Crippen LogP contribution in [0.2, 0.25) is 0 Å². The van der Waals surface area contributed by atoms with Crippen LogP contribution in [0.4, 0.5) is 52.5 Å². The van der Waals surface area contributed by atoms with E-state index in [9.17, 15) is 45.9 Å². The summed E-state index contributed by atoms with van der Waals surface area (Å²) in [5.41, 5.74) is 5.44. The number of hydrogen-bond donors (Lipinski definition) is 7. The van der Waals surface area contributed by atoms with Crippen LogP contribution < -0.4 is 41.4 Å². The number of nitrogens with zero attached hydrogens (tertiary/aromatic N) is 8. The maximum absolute atomic E-state index is 14.1. The van der Waals surface area contributed by atoms with Gasteiger partial charge in [0, 0.05) is 74.0 Å². The van der Waals surface area contributed by atoms with E-state index in [1.165, 1.54) is 52.3 Å². The number of ether oxygens (including phenoxy) is 1. The number of sulfonamides is 1. The molecule has 3 aromatic heterocycles. The minimum absolute atomic E-state index is 0.0510. The van der Waals surface area contributed by atoms with Crippen molar-refractivity contribution < 1.29 is 50.6 Å². The first-order valence-corrected chi connectivity index (χ1v) is 28.8. The SMILES string of the molecule is Cc1ncsc1-c1ccc(CNC(=O)[C@@H]2C[C@@H](O)CN2C(=O)C(NC(=O)CCCCCCn2cc(-c3cc(NC(=O)Nc4ccc(N(C)c5ccnc(Nc6cccc(S(N)(=O)=O)c6)n5)cc4)ccc3OC(F)(F)F)nn2)C(C)(C)C)cc1. The second-order valence-corrected chi connectivity index (χ2v) is 23.3. The standard InChI is InChI=1S/C56H63F3N14O8S2/c1-34-49(82-33-63-34)36-16-14-35(15-17-36)30-62-51(76)45-29-41(74)31-73(45)52(77)50(55(2,3)4)68-48(75)13-8-6-7-9-26-72-32-44(69-70-72)43-28-39(20-23-46(43)81-56(57,58)59)66-54(78)65-37-18-21-40(22-19-37)71(5)47-24-25-61-53(67-47)64-38-11-10-12-42(27-38)83(60,79)80/h10-12,14-25,27-28,32-33,41,45,50,74H,6-9,13,26,29-31H2,1-5H3,(H,62,76)(H,68,75)(H2,60,79,80)(H,61,64,67)(H2,65,66,78)/t41-,45+,50?/m1/s1. The molecule has 438 valence electrons. The van der Waals surface area contributed by atoms with Crippen LogP contribution in [0.25, 0.3) is 21.7 Å². The number of urea groups is 1.